The molecule has 0 spiro atoms. The maximum Gasteiger partial charge on any atom is 0.135 e. The van der Waals surface area contributed by atoms with Crippen LogP contribution in [0.2, 0.25) is 0 Å². The largest absolute Gasteiger partial charge is 0.387 e. The third-order valence-corrected chi connectivity index (χ3v) is 4.86. The van der Waals surface area contributed by atoms with Crippen molar-refractivity contribution >= 4 is 5.82 Å². The summed E-state index contributed by atoms with van der Waals surface area (Å²) >= 11 is 0. The minimum atomic E-state index is -0.512. The maximum absolute atomic E-state index is 10.9. The molecule has 2 fully saturated rings. The van der Waals surface area contributed by atoms with Crippen LogP contribution in [-0.2, 0) is 6.42 Å². The molecule has 0 aromatic carbocycles. The lowest BCUT2D eigenvalue weighted by atomic mass is 9.88. The molecule has 1 N–H and O–H groups in total. The Hall–Kier alpha value is -1.16. The van der Waals surface area contributed by atoms with Gasteiger partial charge in [-0.3, -0.25) is 0 Å². The van der Waals surface area contributed by atoms with Gasteiger partial charge in [0.05, 0.1) is 5.60 Å². The van der Waals surface area contributed by atoms with Crippen LogP contribution in [0.15, 0.2) is 6.20 Å². The summed E-state index contributed by atoms with van der Waals surface area (Å²) in [7, 11) is 0. The van der Waals surface area contributed by atoms with Crippen LogP contribution in [0.25, 0.3) is 0 Å². The molecule has 0 amide bonds. The minimum Gasteiger partial charge on any atom is -0.387 e. The zero-order valence-electron chi connectivity index (χ0n) is 12.8. The van der Waals surface area contributed by atoms with Gasteiger partial charge in [-0.1, -0.05) is 20.3 Å². The third-order valence-electron chi connectivity index (χ3n) is 4.86. The van der Waals surface area contributed by atoms with E-state index in [0.29, 0.717) is 11.8 Å². The molecule has 1 aromatic heterocycles. The van der Waals surface area contributed by atoms with Gasteiger partial charge in [0.15, 0.2) is 0 Å². The van der Waals surface area contributed by atoms with E-state index in [1.165, 1.54) is 18.4 Å². The van der Waals surface area contributed by atoms with E-state index >= 15 is 0 Å². The average molecular weight is 275 g/mol. The molecule has 2 aliphatic rings. The lowest BCUT2D eigenvalue weighted by molar-refractivity contribution is 0.00281. The highest BCUT2D eigenvalue weighted by Crippen LogP contribution is 2.47. The number of anilines is 1. The van der Waals surface area contributed by atoms with Crippen molar-refractivity contribution in [3.63, 3.8) is 0 Å². The molecule has 1 aliphatic heterocycles. The first-order valence-electron chi connectivity index (χ1n) is 7.84. The molecule has 1 aromatic rings. The van der Waals surface area contributed by atoms with Gasteiger partial charge in [0.1, 0.15) is 11.6 Å². The van der Waals surface area contributed by atoms with Gasteiger partial charge in [-0.2, -0.15) is 0 Å². The summed E-state index contributed by atoms with van der Waals surface area (Å²) in [6.45, 7) is 7.92. The van der Waals surface area contributed by atoms with E-state index in [1.54, 1.807) is 0 Å². The fourth-order valence-electron chi connectivity index (χ4n) is 3.49. The number of hydrogen-bond acceptors (Lipinski definition) is 4. The van der Waals surface area contributed by atoms with Gasteiger partial charge in [-0.15, -0.1) is 0 Å². The predicted molar refractivity (Wildman–Crippen MR) is 79.8 cm³/mol. The number of aryl methyl sites for hydroxylation is 2. The van der Waals surface area contributed by atoms with E-state index in [4.69, 9.17) is 0 Å². The SMILES string of the molecule is CCCc1cnc(C)nc1N1C[C@@H](C)[C@](O)(C2CC2)C1. The fourth-order valence-corrected chi connectivity index (χ4v) is 3.49. The second kappa shape index (κ2) is 4.99. The second-order valence-electron chi connectivity index (χ2n) is 6.56. The van der Waals surface area contributed by atoms with Gasteiger partial charge in [0.25, 0.3) is 0 Å². The molecule has 2 heterocycles. The summed E-state index contributed by atoms with van der Waals surface area (Å²) in [5.74, 6) is 2.68. The van der Waals surface area contributed by atoms with E-state index in [9.17, 15) is 5.11 Å². The Bertz CT molecular complexity index is 500. The van der Waals surface area contributed by atoms with Crippen molar-refractivity contribution in [2.24, 2.45) is 11.8 Å². The number of β-amino-alcohol motifs (C(OH)–C–C–N with tert-alkyl or cyclic N) is 1. The van der Waals surface area contributed by atoms with Crippen LogP contribution in [0, 0.1) is 18.8 Å². The van der Waals surface area contributed by atoms with Crippen LogP contribution < -0.4 is 4.90 Å². The molecule has 4 heteroatoms. The highest BCUT2D eigenvalue weighted by molar-refractivity contribution is 5.48. The molecular formula is C16H25N3O. The normalized spacial score (nSPS) is 30.0. The first kappa shape index (κ1) is 13.8. The number of aliphatic hydroxyl groups is 1. The first-order chi connectivity index (χ1) is 9.54. The minimum absolute atomic E-state index is 0.319. The number of rotatable bonds is 4. The molecule has 2 atom stereocenters. The van der Waals surface area contributed by atoms with Crippen LogP contribution in [0.5, 0.6) is 0 Å². The molecule has 1 aliphatic carbocycles. The van der Waals surface area contributed by atoms with Crippen molar-refractivity contribution in [2.45, 2.75) is 52.1 Å². The Kier molecular flexibility index (Phi) is 3.44. The van der Waals surface area contributed by atoms with E-state index in [1.807, 2.05) is 13.1 Å². The van der Waals surface area contributed by atoms with Crippen LogP contribution in [-0.4, -0.2) is 33.8 Å². The molecule has 1 saturated heterocycles. The fraction of sp³-hybridized carbons (Fsp3) is 0.750. The molecule has 0 unspecified atom stereocenters. The molecule has 1 saturated carbocycles. The Morgan fingerprint density at radius 3 is 2.85 bits per heavy atom. The van der Waals surface area contributed by atoms with Crippen LogP contribution >= 0.6 is 0 Å². The lowest BCUT2D eigenvalue weighted by Crippen LogP contribution is -2.39. The Labute approximate surface area is 121 Å². The predicted octanol–water partition coefficient (Wildman–Crippen LogP) is 2.33. The van der Waals surface area contributed by atoms with Crippen LogP contribution in [0.4, 0.5) is 5.82 Å². The lowest BCUT2D eigenvalue weighted by Gasteiger charge is -2.27. The zero-order valence-corrected chi connectivity index (χ0v) is 12.8. The second-order valence-corrected chi connectivity index (χ2v) is 6.56. The molecule has 0 bridgehead atoms. The van der Waals surface area contributed by atoms with Crippen LogP contribution in [0.1, 0.15) is 44.5 Å². The van der Waals surface area contributed by atoms with Gasteiger partial charge in [0, 0.05) is 30.8 Å². The smallest absolute Gasteiger partial charge is 0.135 e. The monoisotopic (exact) mass is 275 g/mol. The molecule has 0 radical (unpaired) electrons. The van der Waals surface area contributed by atoms with E-state index < -0.39 is 5.60 Å². The Morgan fingerprint density at radius 1 is 1.45 bits per heavy atom. The van der Waals surface area contributed by atoms with Gasteiger partial charge in [0.2, 0.25) is 0 Å². The van der Waals surface area contributed by atoms with Crippen molar-refractivity contribution in [2.75, 3.05) is 18.0 Å². The maximum atomic E-state index is 10.9. The summed E-state index contributed by atoms with van der Waals surface area (Å²) in [6, 6.07) is 0. The summed E-state index contributed by atoms with van der Waals surface area (Å²) in [6.07, 6.45) is 6.41. The van der Waals surface area contributed by atoms with E-state index in [0.717, 1.165) is 37.6 Å². The van der Waals surface area contributed by atoms with Crippen LogP contribution in [0.3, 0.4) is 0 Å². The van der Waals surface area contributed by atoms with Gasteiger partial charge < -0.3 is 10.0 Å². The Balaban J connectivity index is 1.88. The molecular weight excluding hydrogens is 250 g/mol. The van der Waals surface area contributed by atoms with Gasteiger partial charge >= 0.3 is 0 Å². The van der Waals surface area contributed by atoms with Crippen molar-refractivity contribution in [1.82, 2.24) is 9.97 Å². The summed E-state index contributed by atoms with van der Waals surface area (Å²) in [5, 5.41) is 10.9. The number of aromatic nitrogens is 2. The molecule has 3 rings (SSSR count). The highest BCUT2D eigenvalue weighted by atomic mass is 16.3. The Morgan fingerprint density at radius 2 is 2.20 bits per heavy atom. The quantitative estimate of drug-likeness (QED) is 0.916. The van der Waals surface area contributed by atoms with Gasteiger partial charge in [-0.25, -0.2) is 9.97 Å². The molecule has 4 nitrogen and oxygen atoms in total. The summed E-state index contributed by atoms with van der Waals surface area (Å²) < 4.78 is 0. The zero-order chi connectivity index (χ0) is 14.3. The van der Waals surface area contributed by atoms with Crippen molar-refractivity contribution in [3.05, 3.63) is 17.6 Å². The molecule has 20 heavy (non-hydrogen) atoms. The summed E-state index contributed by atoms with van der Waals surface area (Å²) in [5.41, 5.74) is 0.702. The number of nitrogens with zero attached hydrogens (tertiary/aromatic N) is 3. The molecule has 110 valence electrons. The van der Waals surface area contributed by atoms with Gasteiger partial charge in [-0.05, 0) is 32.1 Å². The van der Waals surface area contributed by atoms with Crippen molar-refractivity contribution in [1.29, 1.82) is 0 Å². The average Bonchev–Trinajstić information content (AvgIpc) is 3.21. The topological polar surface area (TPSA) is 49.2 Å². The highest BCUT2D eigenvalue weighted by Gasteiger charge is 2.52. The first-order valence-corrected chi connectivity index (χ1v) is 7.84. The standard InChI is InChI=1S/C16H25N3O/c1-4-5-13-8-17-12(3)18-15(13)19-9-11(2)16(20,10-19)14-6-7-14/h8,11,14,20H,4-7,9-10H2,1-3H3/t11-,16+/m1/s1. The van der Waals surface area contributed by atoms with Crippen molar-refractivity contribution < 1.29 is 5.11 Å². The summed E-state index contributed by atoms with van der Waals surface area (Å²) in [4.78, 5) is 11.3. The third kappa shape index (κ3) is 2.30. The van der Waals surface area contributed by atoms with Crippen molar-refractivity contribution in [3.8, 4) is 0 Å². The van der Waals surface area contributed by atoms with E-state index in [-0.39, 0.29) is 0 Å². The number of hydrogen-bond donors (Lipinski definition) is 1. The van der Waals surface area contributed by atoms with E-state index in [2.05, 4.69) is 28.7 Å².